The van der Waals surface area contributed by atoms with Crippen molar-refractivity contribution in [1.29, 1.82) is 0 Å². The summed E-state index contributed by atoms with van der Waals surface area (Å²) >= 11 is 0. The molecule has 2 aliphatic heterocycles. The summed E-state index contributed by atoms with van der Waals surface area (Å²) in [6.07, 6.45) is 1.01. The number of carbonyl (C=O) groups excluding carboxylic acids is 2. The van der Waals surface area contributed by atoms with Gasteiger partial charge in [0, 0.05) is 31.6 Å². The summed E-state index contributed by atoms with van der Waals surface area (Å²) in [7, 11) is 1.78. The summed E-state index contributed by atoms with van der Waals surface area (Å²) in [5.74, 6) is 0.869. The molecule has 2 aromatic rings. The molecule has 158 valence electrons. The number of rotatable bonds is 4. The average Bonchev–Trinajstić information content (AvgIpc) is 2.78. The molecule has 0 aromatic heterocycles. The van der Waals surface area contributed by atoms with Crippen molar-refractivity contribution in [2.75, 3.05) is 33.3 Å². The average molecular weight is 412 g/mol. The quantitative estimate of drug-likeness (QED) is 0.775. The molecule has 1 unspecified atom stereocenters. The van der Waals surface area contributed by atoms with Crippen LogP contribution in [0.5, 0.6) is 11.5 Å². The Bertz CT molecular complexity index is 910. The number of piperidine rings is 1. The Morgan fingerprint density at radius 1 is 1.07 bits per heavy atom. The zero-order valence-corrected chi connectivity index (χ0v) is 16.9. The largest absolute Gasteiger partial charge is 0.486 e. The molecular weight excluding hydrogens is 387 g/mol. The molecule has 2 heterocycles. The van der Waals surface area contributed by atoms with E-state index in [4.69, 9.17) is 9.47 Å². The van der Waals surface area contributed by atoms with Crippen molar-refractivity contribution in [2.24, 2.45) is 5.92 Å². The van der Waals surface area contributed by atoms with Crippen molar-refractivity contribution in [1.82, 2.24) is 9.80 Å². The van der Waals surface area contributed by atoms with Crippen LogP contribution in [0.1, 0.15) is 23.2 Å². The standard InChI is InChI=1S/C23H25FN2O4/c1-25(14-19-15-29-20-4-2-3-5-21(20)30-19)22(27)17-10-12-26(13-11-17)23(28)16-6-8-18(24)9-7-16/h2-9,17,19H,10-15H2,1H3. The van der Waals surface area contributed by atoms with E-state index in [1.165, 1.54) is 24.3 Å². The Kier molecular flexibility index (Phi) is 5.88. The zero-order chi connectivity index (χ0) is 21.1. The third kappa shape index (κ3) is 4.40. The molecule has 0 N–H and O–H groups in total. The summed E-state index contributed by atoms with van der Waals surface area (Å²) < 4.78 is 24.7. The number of hydrogen-bond donors (Lipinski definition) is 0. The van der Waals surface area contributed by atoms with Crippen molar-refractivity contribution >= 4 is 11.8 Å². The maximum Gasteiger partial charge on any atom is 0.253 e. The number of likely N-dealkylation sites (N-methyl/N-ethyl adjacent to an activating group) is 1. The molecule has 0 aliphatic carbocycles. The smallest absolute Gasteiger partial charge is 0.253 e. The predicted molar refractivity (Wildman–Crippen MR) is 109 cm³/mol. The van der Waals surface area contributed by atoms with E-state index in [-0.39, 0.29) is 29.7 Å². The van der Waals surface area contributed by atoms with Gasteiger partial charge in [-0.3, -0.25) is 9.59 Å². The first-order chi connectivity index (χ1) is 14.5. The van der Waals surface area contributed by atoms with Gasteiger partial charge in [-0.25, -0.2) is 4.39 Å². The highest BCUT2D eigenvalue weighted by Gasteiger charge is 2.31. The van der Waals surface area contributed by atoms with Crippen LogP contribution >= 0.6 is 0 Å². The maximum absolute atomic E-state index is 13.1. The molecule has 2 aromatic carbocycles. The van der Waals surface area contributed by atoms with E-state index in [0.717, 1.165) is 5.75 Å². The molecule has 1 atom stereocenters. The SMILES string of the molecule is CN(CC1COc2ccccc2O1)C(=O)C1CCN(C(=O)c2ccc(F)cc2)CC1. The van der Waals surface area contributed by atoms with Gasteiger partial charge < -0.3 is 19.3 Å². The van der Waals surface area contributed by atoms with Crippen LogP contribution in [0.25, 0.3) is 0 Å². The van der Waals surface area contributed by atoms with Gasteiger partial charge in [0.25, 0.3) is 5.91 Å². The second kappa shape index (κ2) is 8.73. The molecule has 1 saturated heterocycles. The predicted octanol–water partition coefficient (Wildman–Crippen LogP) is 2.98. The molecule has 1 fully saturated rings. The lowest BCUT2D eigenvalue weighted by Gasteiger charge is -2.35. The van der Waals surface area contributed by atoms with Crippen LogP contribution in [0.3, 0.4) is 0 Å². The Labute approximate surface area is 175 Å². The van der Waals surface area contributed by atoms with Gasteiger partial charge in [0.1, 0.15) is 12.4 Å². The van der Waals surface area contributed by atoms with Gasteiger partial charge in [0.2, 0.25) is 5.91 Å². The molecule has 0 bridgehead atoms. The second-order valence-corrected chi connectivity index (χ2v) is 7.79. The van der Waals surface area contributed by atoms with Gasteiger partial charge in [-0.1, -0.05) is 12.1 Å². The number of halogens is 1. The number of nitrogens with zero attached hydrogens (tertiary/aromatic N) is 2. The highest BCUT2D eigenvalue weighted by atomic mass is 19.1. The zero-order valence-electron chi connectivity index (χ0n) is 16.9. The summed E-state index contributed by atoms with van der Waals surface area (Å²) in [5, 5.41) is 0. The summed E-state index contributed by atoms with van der Waals surface area (Å²) in [4.78, 5) is 28.9. The van der Waals surface area contributed by atoms with Crippen LogP contribution in [0.4, 0.5) is 4.39 Å². The highest BCUT2D eigenvalue weighted by molar-refractivity contribution is 5.94. The Morgan fingerprint density at radius 2 is 1.73 bits per heavy atom. The Morgan fingerprint density at radius 3 is 2.43 bits per heavy atom. The van der Waals surface area contributed by atoms with Crippen molar-refractivity contribution in [2.45, 2.75) is 18.9 Å². The normalized spacial score (nSPS) is 18.7. The van der Waals surface area contributed by atoms with Gasteiger partial charge in [-0.2, -0.15) is 0 Å². The number of para-hydroxylation sites is 2. The first-order valence-corrected chi connectivity index (χ1v) is 10.2. The highest BCUT2D eigenvalue weighted by Crippen LogP contribution is 2.31. The van der Waals surface area contributed by atoms with Gasteiger partial charge in [0.05, 0.1) is 6.54 Å². The Balaban J connectivity index is 1.28. The molecule has 30 heavy (non-hydrogen) atoms. The van der Waals surface area contributed by atoms with Crippen LogP contribution in [-0.4, -0.2) is 61.0 Å². The second-order valence-electron chi connectivity index (χ2n) is 7.79. The van der Waals surface area contributed by atoms with Crippen LogP contribution in [0.2, 0.25) is 0 Å². The molecule has 4 rings (SSSR count). The fourth-order valence-electron chi connectivity index (χ4n) is 3.96. The van der Waals surface area contributed by atoms with Crippen molar-refractivity contribution in [3.05, 3.63) is 59.9 Å². The third-order valence-electron chi connectivity index (χ3n) is 5.64. The number of likely N-dealkylation sites (tertiary alicyclic amines) is 1. The third-order valence-corrected chi connectivity index (χ3v) is 5.64. The van der Waals surface area contributed by atoms with E-state index in [9.17, 15) is 14.0 Å². The molecule has 6 nitrogen and oxygen atoms in total. The molecule has 7 heteroatoms. The number of benzene rings is 2. The molecule has 0 spiro atoms. The first kappa shape index (κ1) is 20.2. The van der Waals surface area contributed by atoms with Gasteiger partial charge >= 0.3 is 0 Å². The van der Waals surface area contributed by atoms with E-state index < -0.39 is 0 Å². The fourth-order valence-corrected chi connectivity index (χ4v) is 3.96. The van der Waals surface area contributed by atoms with Crippen molar-refractivity contribution < 1.29 is 23.5 Å². The molecule has 0 radical (unpaired) electrons. The molecular formula is C23H25FN2O4. The summed E-state index contributed by atoms with van der Waals surface area (Å²) in [6.45, 7) is 1.87. The van der Waals surface area contributed by atoms with E-state index in [0.29, 0.717) is 50.4 Å². The Hall–Kier alpha value is -3.09. The monoisotopic (exact) mass is 412 g/mol. The molecule has 2 aliphatic rings. The summed E-state index contributed by atoms with van der Waals surface area (Å²) in [6, 6.07) is 13.1. The lowest BCUT2D eigenvalue weighted by molar-refractivity contribution is -0.137. The lowest BCUT2D eigenvalue weighted by Crippen LogP contribution is -2.47. The number of hydrogen-bond acceptors (Lipinski definition) is 4. The van der Waals surface area contributed by atoms with E-state index in [1.54, 1.807) is 16.8 Å². The van der Waals surface area contributed by atoms with E-state index in [1.807, 2.05) is 24.3 Å². The van der Waals surface area contributed by atoms with Gasteiger partial charge in [0.15, 0.2) is 17.6 Å². The molecule has 0 saturated carbocycles. The topological polar surface area (TPSA) is 59.1 Å². The first-order valence-electron chi connectivity index (χ1n) is 10.2. The number of fused-ring (bicyclic) bond motifs is 1. The van der Waals surface area contributed by atoms with Crippen LogP contribution in [-0.2, 0) is 4.79 Å². The maximum atomic E-state index is 13.1. The van der Waals surface area contributed by atoms with E-state index >= 15 is 0 Å². The lowest BCUT2D eigenvalue weighted by atomic mass is 9.94. The summed E-state index contributed by atoms with van der Waals surface area (Å²) in [5.41, 5.74) is 0.466. The fraction of sp³-hybridized carbons (Fsp3) is 0.391. The number of ether oxygens (including phenoxy) is 2. The molecule has 2 amide bonds. The van der Waals surface area contributed by atoms with Crippen LogP contribution in [0, 0.1) is 11.7 Å². The minimum Gasteiger partial charge on any atom is -0.486 e. The van der Waals surface area contributed by atoms with Crippen LogP contribution < -0.4 is 9.47 Å². The van der Waals surface area contributed by atoms with Gasteiger partial charge in [-0.15, -0.1) is 0 Å². The minimum absolute atomic E-state index is 0.0614. The number of carbonyl (C=O) groups is 2. The van der Waals surface area contributed by atoms with Crippen molar-refractivity contribution in [3.8, 4) is 11.5 Å². The van der Waals surface area contributed by atoms with Gasteiger partial charge in [-0.05, 0) is 49.2 Å². The number of amides is 2. The minimum atomic E-state index is -0.366. The van der Waals surface area contributed by atoms with Crippen molar-refractivity contribution in [3.63, 3.8) is 0 Å². The van der Waals surface area contributed by atoms with E-state index in [2.05, 4.69) is 0 Å². The van der Waals surface area contributed by atoms with Crippen LogP contribution in [0.15, 0.2) is 48.5 Å².